The number of para-hydroxylation sites is 1. The van der Waals surface area contributed by atoms with E-state index < -0.39 is 12.1 Å². The zero-order valence-corrected chi connectivity index (χ0v) is 17.1. The van der Waals surface area contributed by atoms with Gasteiger partial charge in [-0.25, -0.2) is 9.78 Å². The number of amides is 3. The SMILES string of the molecule is Cc1nc(NC(=O)C(Cc2c[nH]c3ccccc23)NC(N)=O)sc1-c1ccccc1. The second-order valence-corrected chi connectivity index (χ2v) is 7.91. The van der Waals surface area contributed by atoms with Gasteiger partial charge in [0.25, 0.3) is 0 Å². The Balaban J connectivity index is 1.55. The van der Waals surface area contributed by atoms with Crippen LogP contribution in [-0.4, -0.2) is 27.9 Å². The molecule has 0 bridgehead atoms. The van der Waals surface area contributed by atoms with E-state index in [1.54, 1.807) is 0 Å². The lowest BCUT2D eigenvalue weighted by Crippen LogP contribution is -2.47. The predicted molar refractivity (Wildman–Crippen MR) is 119 cm³/mol. The van der Waals surface area contributed by atoms with E-state index in [0.717, 1.165) is 32.6 Å². The molecule has 0 saturated heterocycles. The Kier molecular flexibility index (Phi) is 5.49. The number of nitrogens with two attached hydrogens (primary N) is 1. The van der Waals surface area contributed by atoms with Gasteiger partial charge < -0.3 is 21.4 Å². The summed E-state index contributed by atoms with van der Waals surface area (Å²) in [7, 11) is 0. The van der Waals surface area contributed by atoms with Gasteiger partial charge in [-0.15, -0.1) is 0 Å². The average molecular weight is 420 g/mol. The van der Waals surface area contributed by atoms with Crippen molar-refractivity contribution in [1.29, 1.82) is 0 Å². The molecule has 2 heterocycles. The van der Waals surface area contributed by atoms with Gasteiger partial charge in [-0.05, 0) is 24.1 Å². The minimum Gasteiger partial charge on any atom is -0.361 e. The van der Waals surface area contributed by atoms with Crippen LogP contribution in [0.25, 0.3) is 21.3 Å². The number of urea groups is 1. The Morgan fingerprint density at radius 3 is 2.63 bits per heavy atom. The molecule has 0 aliphatic rings. The van der Waals surface area contributed by atoms with E-state index in [9.17, 15) is 9.59 Å². The zero-order valence-electron chi connectivity index (χ0n) is 16.3. The summed E-state index contributed by atoms with van der Waals surface area (Å²) in [6, 6.07) is 16.1. The molecule has 0 aliphatic heterocycles. The summed E-state index contributed by atoms with van der Waals surface area (Å²) in [5, 5.41) is 6.85. The standard InChI is InChI=1S/C22H21N5O2S/c1-13-19(14-7-3-2-4-8-14)30-22(25-13)27-20(28)18(26-21(23)29)11-15-12-24-17-10-6-5-9-16(15)17/h2-10,12,18,24H,11H2,1H3,(H3,23,26,29)(H,25,27,28). The van der Waals surface area contributed by atoms with Crippen molar-refractivity contribution in [1.82, 2.24) is 15.3 Å². The van der Waals surface area contributed by atoms with Gasteiger partial charge in [0.1, 0.15) is 6.04 Å². The first-order chi connectivity index (χ1) is 14.5. The maximum absolute atomic E-state index is 12.9. The highest BCUT2D eigenvalue weighted by molar-refractivity contribution is 7.19. The number of rotatable bonds is 6. The molecule has 0 radical (unpaired) electrons. The number of hydrogen-bond donors (Lipinski definition) is 4. The third-order valence-electron chi connectivity index (χ3n) is 4.79. The number of hydrogen-bond acceptors (Lipinski definition) is 4. The Morgan fingerprint density at radius 1 is 1.13 bits per heavy atom. The number of H-pyrrole nitrogens is 1. The van der Waals surface area contributed by atoms with Gasteiger partial charge in [-0.1, -0.05) is 59.9 Å². The molecule has 0 fully saturated rings. The van der Waals surface area contributed by atoms with Crippen LogP contribution in [0, 0.1) is 6.92 Å². The van der Waals surface area contributed by atoms with E-state index in [2.05, 4.69) is 20.6 Å². The number of carbonyl (C=O) groups excluding carboxylic acids is 2. The first-order valence-corrected chi connectivity index (χ1v) is 10.3. The van der Waals surface area contributed by atoms with Crippen molar-refractivity contribution in [3.05, 3.63) is 72.1 Å². The van der Waals surface area contributed by atoms with Gasteiger partial charge in [-0.2, -0.15) is 0 Å². The quantitative estimate of drug-likeness (QED) is 0.381. The Hall–Kier alpha value is -3.65. The Bertz CT molecular complexity index is 1200. The van der Waals surface area contributed by atoms with Crippen LogP contribution in [-0.2, 0) is 11.2 Å². The van der Waals surface area contributed by atoms with Crippen LogP contribution in [0.1, 0.15) is 11.3 Å². The number of nitrogens with one attached hydrogen (secondary N) is 3. The van der Waals surface area contributed by atoms with Crippen LogP contribution in [0.5, 0.6) is 0 Å². The molecule has 5 N–H and O–H groups in total. The summed E-state index contributed by atoms with van der Waals surface area (Å²) in [5.41, 5.74) is 9.07. The van der Waals surface area contributed by atoms with E-state index in [1.807, 2.05) is 67.7 Å². The van der Waals surface area contributed by atoms with Crippen LogP contribution in [0.2, 0.25) is 0 Å². The molecule has 2 aromatic heterocycles. The molecule has 0 aliphatic carbocycles. The van der Waals surface area contributed by atoms with Crippen molar-refractivity contribution >= 4 is 39.3 Å². The first kappa shape index (κ1) is 19.7. The zero-order chi connectivity index (χ0) is 21.1. The molecule has 152 valence electrons. The second-order valence-electron chi connectivity index (χ2n) is 6.91. The Labute approximate surface area is 177 Å². The molecule has 2 aromatic carbocycles. The van der Waals surface area contributed by atoms with Gasteiger partial charge in [0, 0.05) is 23.5 Å². The topological polar surface area (TPSA) is 113 Å². The molecule has 3 amide bonds. The predicted octanol–water partition coefficient (Wildman–Crippen LogP) is 3.82. The highest BCUT2D eigenvalue weighted by Crippen LogP contribution is 2.32. The van der Waals surface area contributed by atoms with Gasteiger partial charge in [0.15, 0.2) is 5.13 Å². The fourth-order valence-electron chi connectivity index (χ4n) is 3.40. The summed E-state index contributed by atoms with van der Waals surface area (Å²) in [6.45, 7) is 1.90. The van der Waals surface area contributed by atoms with E-state index in [-0.39, 0.29) is 5.91 Å². The fourth-order valence-corrected chi connectivity index (χ4v) is 4.38. The van der Waals surface area contributed by atoms with Crippen molar-refractivity contribution in [3.8, 4) is 10.4 Å². The van der Waals surface area contributed by atoms with Gasteiger partial charge >= 0.3 is 6.03 Å². The number of primary amides is 1. The molecule has 0 spiro atoms. The van der Waals surface area contributed by atoms with Crippen molar-refractivity contribution in [3.63, 3.8) is 0 Å². The Morgan fingerprint density at radius 2 is 1.87 bits per heavy atom. The van der Waals surface area contributed by atoms with Gasteiger partial charge in [-0.3, -0.25) is 4.79 Å². The summed E-state index contributed by atoms with van der Waals surface area (Å²) in [4.78, 5) is 33.1. The van der Waals surface area contributed by atoms with Crippen molar-refractivity contribution < 1.29 is 9.59 Å². The summed E-state index contributed by atoms with van der Waals surface area (Å²) < 4.78 is 0. The number of aromatic nitrogens is 2. The van der Waals surface area contributed by atoms with Gasteiger partial charge in [0.2, 0.25) is 5.91 Å². The maximum atomic E-state index is 12.9. The number of aromatic amines is 1. The van der Waals surface area contributed by atoms with Crippen LogP contribution in [0.3, 0.4) is 0 Å². The van der Waals surface area contributed by atoms with Crippen molar-refractivity contribution in [2.45, 2.75) is 19.4 Å². The highest BCUT2D eigenvalue weighted by atomic mass is 32.1. The third-order valence-corrected chi connectivity index (χ3v) is 5.92. The first-order valence-electron chi connectivity index (χ1n) is 9.46. The lowest BCUT2D eigenvalue weighted by Gasteiger charge is -2.16. The number of anilines is 1. The van der Waals surface area contributed by atoms with Crippen molar-refractivity contribution in [2.24, 2.45) is 5.73 Å². The molecular formula is C22H21N5O2S. The summed E-state index contributed by atoms with van der Waals surface area (Å²) >= 11 is 1.39. The van der Waals surface area contributed by atoms with Crippen molar-refractivity contribution in [2.75, 3.05) is 5.32 Å². The van der Waals surface area contributed by atoms with Gasteiger partial charge in [0.05, 0.1) is 10.6 Å². The van der Waals surface area contributed by atoms with Crippen LogP contribution in [0.4, 0.5) is 9.93 Å². The molecule has 7 nitrogen and oxygen atoms in total. The third kappa shape index (κ3) is 4.18. The van der Waals surface area contributed by atoms with E-state index >= 15 is 0 Å². The molecule has 1 unspecified atom stereocenters. The number of thiazole rings is 1. The molecular weight excluding hydrogens is 398 g/mol. The van der Waals surface area contributed by atoms with Crippen LogP contribution < -0.4 is 16.4 Å². The summed E-state index contributed by atoms with van der Waals surface area (Å²) in [5.74, 6) is -0.368. The molecule has 30 heavy (non-hydrogen) atoms. The monoisotopic (exact) mass is 419 g/mol. The highest BCUT2D eigenvalue weighted by Gasteiger charge is 2.23. The largest absolute Gasteiger partial charge is 0.361 e. The minimum absolute atomic E-state index is 0.300. The molecule has 4 aromatic rings. The smallest absolute Gasteiger partial charge is 0.312 e. The summed E-state index contributed by atoms with van der Waals surface area (Å²) in [6.07, 6.45) is 2.14. The van der Waals surface area contributed by atoms with Crippen LogP contribution >= 0.6 is 11.3 Å². The van der Waals surface area contributed by atoms with E-state index in [4.69, 9.17) is 5.73 Å². The number of fused-ring (bicyclic) bond motifs is 1. The normalized spacial score (nSPS) is 11.9. The number of carbonyl (C=O) groups is 2. The van der Waals surface area contributed by atoms with E-state index in [1.165, 1.54) is 11.3 Å². The molecule has 0 saturated carbocycles. The van der Waals surface area contributed by atoms with Crippen LogP contribution in [0.15, 0.2) is 60.8 Å². The fraction of sp³-hybridized carbons (Fsp3) is 0.136. The number of benzene rings is 2. The van der Waals surface area contributed by atoms with E-state index in [0.29, 0.717) is 11.6 Å². The molecule has 8 heteroatoms. The minimum atomic E-state index is -0.828. The maximum Gasteiger partial charge on any atom is 0.312 e. The lowest BCUT2D eigenvalue weighted by molar-refractivity contribution is -0.117. The molecule has 4 rings (SSSR count). The number of aryl methyl sites for hydroxylation is 1. The lowest BCUT2D eigenvalue weighted by atomic mass is 10.0. The average Bonchev–Trinajstić information content (AvgIpc) is 3.31. The molecule has 1 atom stereocenters. The number of nitrogens with zero attached hydrogens (tertiary/aromatic N) is 1. The second kappa shape index (κ2) is 8.38.